The van der Waals surface area contributed by atoms with E-state index in [4.69, 9.17) is 30.9 Å². The number of carboxylic acids is 2. The van der Waals surface area contributed by atoms with Crippen molar-refractivity contribution in [2.75, 3.05) is 19.6 Å². The van der Waals surface area contributed by atoms with Gasteiger partial charge in [0.1, 0.15) is 5.75 Å². The summed E-state index contributed by atoms with van der Waals surface area (Å²) in [7, 11) is 0. The summed E-state index contributed by atoms with van der Waals surface area (Å²) >= 11 is 0. The topological polar surface area (TPSA) is 191 Å². The standard InChI is InChI=1S/C20H30N2O3.C4H6O6/c1-20(2,24)13-22-10-8-14(9-11-22)12-16-7-6-15-4-3-5-17(19(21)23)18(15)25-16;5-1(3(7)8)2(6)4(9)10/h3-5,14,16,24H,6-13H2,1-2H3,(H2,21,23);1-2,5-6H,(H,7,8)(H,9,10)/t;1-,2-/m.1/s1. The van der Waals surface area contributed by atoms with Gasteiger partial charge in [-0.25, -0.2) is 9.59 Å². The molecule has 11 heteroatoms. The monoisotopic (exact) mass is 496 g/mol. The molecule has 3 atom stereocenters. The zero-order chi connectivity index (χ0) is 26.3. The molecule has 0 spiro atoms. The van der Waals surface area contributed by atoms with E-state index in [-0.39, 0.29) is 6.10 Å². The van der Waals surface area contributed by atoms with E-state index in [2.05, 4.69) is 4.90 Å². The van der Waals surface area contributed by atoms with Crippen LogP contribution in [0.5, 0.6) is 5.75 Å². The van der Waals surface area contributed by atoms with Crippen LogP contribution in [0.3, 0.4) is 0 Å². The maximum absolute atomic E-state index is 11.6. The molecule has 2 aliphatic rings. The van der Waals surface area contributed by atoms with E-state index >= 15 is 0 Å². The number of hydrogen-bond donors (Lipinski definition) is 6. The zero-order valence-electron chi connectivity index (χ0n) is 20.1. The molecule has 1 fully saturated rings. The number of primary amides is 1. The van der Waals surface area contributed by atoms with Crippen LogP contribution < -0.4 is 10.5 Å². The number of aliphatic carboxylic acids is 2. The van der Waals surface area contributed by atoms with Gasteiger partial charge in [-0.05, 0) is 76.6 Å². The Hall–Kier alpha value is -2.73. The first-order valence-corrected chi connectivity index (χ1v) is 11.6. The molecule has 3 rings (SSSR count). The molecule has 1 aromatic carbocycles. The van der Waals surface area contributed by atoms with Crippen molar-refractivity contribution in [2.45, 2.75) is 69.9 Å². The quantitative estimate of drug-likeness (QED) is 0.290. The minimum Gasteiger partial charge on any atom is -0.489 e. The number of ether oxygens (including phenoxy) is 1. The van der Waals surface area contributed by atoms with Crippen LogP contribution in [0.1, 0.15) is 55.5 Å². The van der Waals surface area contributed by atoms with Crippen molar-refractivity contribution in [3.8, 4) is 5.75 Å². The Morgan fingerprint density at radius 2 is 1.66 bits per heavy atom. The number of nitrogens with zero attached hydrogens (tertiary/aromatic N) is 1. The predicted octanol–water partition coefficient (Wildman–Crippen LogP) is 0.230. The Morgan fingerprint density at radius 1 is 1.09 bits per heavy atom. The van der Waals surface area contributed by atoms with Crippen molar-refractivity contribution in [2.24, 2.45) is 11.7 Å². The minimum atomic E-state index is -2.27. The summed E-state index contributed by atoms with van der Waals surface area (Å²) in [6.07, 6.45) is 0.884. The number of carbonyl (C=O) groups excluding carboxylic acids is 1. The van der Waals surface area contributed by atoms with Crippen molar-refractivity contribution < 1.29 is 44.7 Å². The van der Waals surface area contributed by atoms with E-state index in [1.165, 1.54) is 0 Å². The molecule has 1 aromatic rings. The number of rotatable bonds is 8. The molecule has 11 nitrogen and oxygen atoms in total. The molecule has 1 unspecified atom stereocenters. The molecule has 2 heterocycles. The summed E-state index contributed by atoms with van der Waals surface area (Å²) in [6.45, 7) is 6.52. The molecule has 0 aromatic heterocycles. The number of likely N-dealkylation sites (tertiary alicyclic amines) is 1. The SMILES string of the molecule is CC(C)(O)CN1CCC(CC2CCc3cccc(C(N)=O)c3O2)CC1.O=C(O)[C@H](O)[C@@H](O)C(=O)O. The predicted molar refractivity (Wildman–Crippen MR) is 125 cm³/mol. The smallest absolute Gasteiger partial charge is 0.335 e. The van der Waals surface area contributed by atoms with Gasteiger partial charge in [0.15, 0.2) is 12.2 Å². The summed E-state index contributed by atoms with van der Waals surface area (Å²) in [5.41, 5.74) is 6.45. The van der Waals surface area contributed by atoms with Gasteiger partial charge in [-0.1, -0.05) is 12.1 Å². The Morgan fingerprint density at radius 3 is 2.14 bits per heavy atom. The third-order valence-corrected chi connectivity index (χ3v) is 6.10. The second kappa shape index (κ2) is 12.3. The van der Waals surface area contributed by atoms with Gasteiger partial charge in [-0.15, -0.1) is 0 Å². The number of para-hydroxylation sites is 1. The average Bonchev–Trinajstić information content (AvgIpc) is 2.78. The molecule has 1 amide bonds. The number of aryl methyl sites for hydroxylation is 1. The van der Waals surface area contributed by atoms with Gasteiger partial charge in [-0.2, -0.15) is 0 Å². The van der Waals surface area contributed by atoms with Gasteiger partial charge in [0, 0.05) is 6.54 Å². The number of nitrogens with two attached hydrogens (primary N) is 1. The molecule has 7 N–H and O–H groups in total. The number of carboxylic acid groups (broad SMARTS) is 2. The van der Waals surface area contributed by atoms with Crippen molar-refractivity contribution in [3.05, 3.63) is 29.3 Å². The van der Waals surface area contributed by atoms with Gasteiger partial charge in [0.25, 0.3) is 5.91 Å². The molecule has 35 heavy (non-hydrogen) atoms. The first-order valence-electron chi connectivity index (χ1n) is 11.6. The Bertz CT molecular complexity index is 873. The normalized spacial score (nSPS) is 20.4. The number of β-amino-alcohol motifs (C(OH)–C–C–N with tert-alkyl or cyclic N) is 1. The minimum absolute atomic E-state index is 0.166. The van der Waals surface area contributed by atoms with Gasteiger partial charge >= 0.3 is 11.9 Å². The van der Waals surface area contributed by atoms with Crippen LogP contribution in [0.25, 0.3) is 0 Å². The second-order valence-corrected chi connectivity index (χ2v) is 9.77. The molecular formula is C24H36N2O9. The number of fused-ring (bicyclic) bond motifs is 1. The molecule has 1 saturated heterocycles. The number of hydrogen-bond acceptors (Lipinski definition) is 8. The van der Waals surface area contributed by atoms with Crippen molar-refractivity contribution >= 4 is 17.8 Å². The Labute approximate surface area is 204 Å². The van der Waals surface area contributed by atoms with E-state index in [0.29, 0.717) is 17.2 Å². The van der Waals surface area contributed by atoms with E-state index in [0.717, 1.165) is 57.3 Å². The van der Waals surface area contributed by atoms with Crippen LogP contribution in [0.4, 0.5) is 0 Å². The lowest BCUT2D eigenvalue weighted by atomic mass is 9.87. The molecule has 0 radical (unpaired) electrons. The highest BCUT2D eigenvalue weighted by Crippen LogP contribution is 2.34. The van der Waals surface area contributed by atoms with Crippen LogP contribution in [0, 0.1) is 5.92 Å². The number of piperidine rings is 1. The fourth-order valence-corrected chi connectivity index (χ4v) is 4.39. The van der Waals surface area contributed by atoms with Crippen LogP contribution in [0.2, 0.25) is 0 Å². The summed E-state index contributed by atoms with van der Waals surface area (Å²) < 4.78 is 6.18. The van der Waals surface area contributed by atoms with Gasteiger partial charge < -0.3 is 40.9 Å². The van der Waals surface area contributed by atoms with Gasteiger partial charge in [-0.3, -0.25) is 4.79 Å². The lowest BCUT2D eigenvalue weighted by Gasteiger charge is -2.37. The molecule has 2 aliphatic heterocycles. The number of benzene rings is 1. The van der Waals surface area contributed by atoms with Crippen LogP contribution in [0.15, 0.2) is 18.2 Å². The molecule has 0 aliphatic carbocycles. The van der Waals surface area contributed by atoms with E-state index < -0.39 is 35.7 Å². The first-order chi connectivity index (χ1) is 16.3. The van der Waals surface area contributed by atoms with E-state index in [1.54, 1.807) is 6.07 Å². The zero-order valence-corrected chi connectivity index (χ0v) is 20.1. The highest BCUT2D eigenvalue weighted by atomic mass is 16.5. The Kier molecular flexibility index (Phi) is 10.0. The summed E-state index contributed by atoms with van der Waals surface area (Å²) in [5.74, 6) is -2.61. The number of aliphatic hydroxyl groups excluding tert-OH is 2. The maximum atomic E-state index is 11.6. The van der Waals surface area contributed by atoms with Crippen molar-refractivity contribution in [3.63, 3.8) is 0 Å². The number of carbonyl (C=O) groups is 3. The molecule has 196 valence electrons. The van der Waals surface area contributed by atoms with Crippen LogP contribution in [-0.4, -0.2) is 91.8 Å². The molecule has 0 bridgehead atoms. The fraction of sp³-hybridized carbons (Fsp3) is 0.625. The highest BCUT2D eigenvalue weighted by Gasteiger charge is 2.30. The third-order valence-electron chi connectivity index (χ3n) is 6.10. The summed E-state index contributed by atoms with van der Waals surface area (Å²) in [4.78, 5) is 33.5. The number of aliphatic hydroxyl groups is 3. The van der Waals surface area contributed by atoms with Crippen molar-refractivity contribution in [1.29, 1.82) is 0 Å². The summed E-state index contributed by atoms with van der Waals surface area (Å²) in [5, 5.41) is 42.5. The molecular weight excluding hydrogens is 460 g/mol. The largest absolute Gasteiger partial charge is 0.489 e. The van der Waals surface area contributed by atoms with Crippen LogP contribution >= 0.6 is 0 Å². The van der Waals surface area contributed by atoms with E-state index in [1.807, 2.05) is 26.0 Å². The fourth-order valence-electron chi connectivity index (χ4n) is 4.39. The molecule has 0 saturated carbocycles. The lowest BCUT2D eigenvalue weighted by Crippen LogP contribution is -2.43. The second-order valence-electron chi connectivity index (χ2n) is 9.77. The van der Waals surface area contributed by atoms with Crippen molar-refractivity contribution in [1.82, 2.24) is 4.90 Å². The lowest BCUT2D eigenvalue weighted by molar-refractivity contribution is -0.165. The number of amides is 1. The van der Waals surface area contributed by atoms with E-state index in [9.17, 15) is 19.5 Å². The Balaban J connectivity index is 0.000000367. The third kappa shape index (κ3) is 8.77. The first kappa shape index (κ1) is 28.5. The maximum Gasteiger partial charge on any atom is 0.335 e. The average molecular weight is 497 g/mol. The summed E-state index contributed by atoms with van der Waals surface area (Å²) in [6, 6.07) is 5.65. The van der Waals surface area contributed by atoms with Gasteiger partial charge in [0.2, 0.25) is 0 Å². The van der Waals surface area contributed by atoms with Gasteiger partial charge in [0.05, 0.1) is 17.3 Å². The van der Waals surface area contributed by atoms with Crippen LogP contribution in [-0.2, 0) is 16.0 Å². The highest BCUT2D eigenvalue weighted by molar-refractivity contribution is 5.96.